The van der Waals surface area contributed by atoms with Crippen LogP contribution in [-0.4, -0.2) is 44.3 Å². The quantitative estimate of drug-likeness (QED) is 0.206. The molecule has 1 aliphatic carbocycles. The van der Waals surface area contributed by atoms with Crippen LogP contribution in [0.4, 0.5) is 23.2 Å². The molecule has 1 atom stereocenters. The molecule has 0 radical (unpaired) electrons. The summed E-state index contributed by atoms with van der Waals surface area (Å²) in [6.07, 6.45) is -3.24. The van der Waals surface area contributed by atoms with Gasteiger partial charge in [-0.2, -0.15) is 13.2 Å². The van der Waals surface area contributed by atoms with Crippen LogP contribution in [0.2, 0.25) is 0 Å². The number of ketones is 1. The number of carbonyl (C=O) groups is 1. The smallest absolute Gasteiger partial charge is 0.416 e. The lowest BCUT2D eigenvalue weighted by Crippen LogP contribution is -2.35. The van der Waals surface area contributed by atoms with E-state index in [0.29, 0.717) is 29.2 Å². The summed E-state index contributed by atoms with van der Waals surface area (Å²) in [7, 11) is 0. The van der Waals surface area contributed by atoms with Crippen LogP contribution in [0, 0.1) is 18.7 Å². The highest BCUT2D eigenvalue weighted by Crippen LogP contribution is 2.35. The van der Waals surface area contributed by atoms with Gasteiger partial charge in [-0.25, -0.2) is 13.9 Å². The number of ether oxygens (including phenoxy) is 1. The number of carbonyl (C=O) groups excluding carboxylic acids is 1. The van der Waals surface area contributed by atoms with Crippen LogP contribution >= 0.6 is 0 Å². The Kier molecular flexibility index (Phi) is 6.78. The zero-order valence-electron chi connectivity index (χ0n) is 20.3. The standard InChI is InChI=1S/C27H24F4N4O3/c1-15-9-17(7-8-20(15)23(36)10-16-5-6-16)22-13-33-26-21(32-14-24(37)27(29,30)31)12-25(34-35(22)26)38-19-4-2-3-18(28)11-19/h2-4,7-9,11-13,16,24,32,37H,5-6,10,14H2,1H3. The fourth-order valence-electron chi connectivity index (χ4n) is 4.13. The number of hydrogen-bond donors (Lipinski definition) is 2. The molecule has 0 bridgehead atoms. The van der Waals surface area contributed by atoms with E-state index in [-0.39, 0.29) is 28.7 Å². The number of nitrogens with one attached hydrogen (secondary N) is 1. The number of benzene rings is 2. The van der Waals surface area contributed by atoms with Crippen molar-refractivity contribution in [3.63, 3.8) is 0 Å². The number of halogens is 4. The summed E-state index contributed by atoms with van der Waals surface area (Å²) in [5.41, 5.74) is 2.90. The predicted molar refractivity (Wildman–Crippen MR) is 132 cm³/mol. The van der Waals surface area contributed by atoms with Gasteiger partial charge in [0.05, 0.1) is 17.6 Å². The van der Waals surface area contributed by atoms with Gasteiger partial charge >= 0.3 is 6.18 Å². The highest BCUT2D eigenvalue weighted by molar-refractivity contribution is 5.98. The molecule has 2 heterocycles. The molecule has 5 rings (SSSR count). The number of rotatable bonds is 9. The Hall–Kier alpha value is -3.99. The maximum absolute atomic E-state index is 13.7. The molecule has 7 nitrogen and oxygen atoms in total. The molecule has 38 heavy (non-hydrogen) atoms. The number of alkyl halides is 3. The second-order valence-corrected chi connectivity index (χ2v) is 9.37. The van der Waals surface area contributed by atoms with Crippen LogP contribution in [0.1, 0.15) is 35.2 Å². The minimum Gasteiger partial charge on any atom is -0.437 e. The Morgan fingerprint density at radius 2 is 2.00 bits per heavy atom. The minimum absolute atomic E-state index is 0.0423. The van der Waals surface area contributed by atoms with E-state index in [1.807, 2.05) is 13.0 Å². The molecule has 198 valence electrons. The number of aromatic nitrogens is 3. The van der Waals surface area contributed by atoms with Crippen molar-refractivity contribution in [2.45, 2.75) is 38.5 Å². The number of imidazole rings is 1. The summed E-state index contributed by atoms with van der Waals surface area (Å²) >= 11 is 0. The molecular weight excluding hydrogens is 504 g/mol. The van der Waals surface area contributed by atoms with Gasteiger partial charge in [0.25, 0.3) is 0 Å². The third-order valence-corrected chi connectivity index (χ3v) is 6.32. The normalized spacial score (nSPS) is 14.5. The van der Waals surface area contributed by atoms with E-state index in [9.17, 15) is 27.5 Å². The second-order valence-electron chi connectivity index (χ2n) is 9.37. The molecule has 4 aromatic rings. The van der Waals surface area contributed by atoms with E-state index in [1.165, 1.54) is 35.0 Å². The molecule has 1 aliphatic rings. The third-order valence-electron chi connectivity index (χ3n) is 6.32. The fraction of sp³-hybridized carbons (Fsp3) is 0.296. The lowest BCUT2D eigenvalue weighted by atomic mass is 9.98. The van der Waals surface area contributed by atoms with Gasteiger partial charge in [0.2, 0.25) is 5.88 Å². The first-order valence-corrected chi connectivity index (χ1v) is 12.0. The number of aliphatic hydroxyl groups excluding tert-OH is 1. The van der Waals surface area contributed by atoms with Crippen LogP contribution in [-0.2, 0) is 0 Å². The number of nitrogens with zero attached hydrogens (tertiary/aromatic N) is 3. The van der Waals surface area contributed by atoms with Gasteiger partial charge in [0.1, 0.15) is 11.6 Å². The Bertz CT molecular complexity index is 1500. The molecule has 1 unspecified atom stereocenters. The summed E-state index contributed by atoms with van der Waals surface area (Å²) in [5, 5.41) is 16.5. The minimum atomic E-state index is -4.81. The number of Topliss-reactive ketones (excluding diaryl/α,β-unsaturated/α-hetero) is 1. The van der Waals surface area contributed by atoms with Crippen molar-refractivity contribution < 1.29 is 32.2 Å². The molecule has 1 fully saturated rings. The van der Waals surface area contributed by atoms with Crippen molar-refractivity contribution >= 4 is 17.1 Å². The molecular formula is C27H24F4N4O3. The monoisotopic (exact) mass is 528 g/mol. The van der Waals surface area contributed by atoms with Crippen molar-refractivity contribution in [3.8, 4) is 22.9 Å². The molecule has 2 aromatic carbocycles. The molecule has 0 amide bonds. The first-order valence-electron chi connectivity index (χ1n) is 12.0. The summed E-state index contributed by atoms with van der Waals surface area (Å²) in [5.74, 6) is 0.106. The van der Waals surface area contributed by atoms with Gasteiger partial charge in [0.15, 0.2) is 17.5 Å². The summed E-state index contributed by atoms with van der Waals surface area (Å²) in [6.45, 7) is 1.01. The number of aliphatic hydroxyl groups is 1. The molecule has 0 aliphatic heterocycles. The zero-order chi connectivity index (χ0) is 27.0. The second kappa shape index (κ2) is 10.1. The summed E-state index contributed by atoms with van der Waals surface area (Å²) in [4.78, 5) is 17.0. The first kappa shape index (κ1) is 25.7. The SMILES string of the molecule is Cc1cc(-c2cnc3c(NCC(O)C(F)(F)F)cc(Oc4cccc(F)c4)nn23)ccc1C(=O)CC1CC1. The molecule has 2 aromatic heterocycles. The number of hydrogen-bond acceptors (Lipinski definition) is 6. The lowest BCUT2D eigenvalue weighted by molar-refractivity contribution is -0.198. The van der Waals surface area contributed by atoms with Gasteiger partial charge in [-0.1, -0.05) is 18.2 Å². The van der Waals surface area contributed by atoms with Gasteiger partial charge in [-0.05, 0) is 49.4 Å². The number of aryl methyl sites for hydroxylation is 1. The summed E-state index contributed by atoms with van der Waals surface area (Å²) < 4.78 is 59.4. The van der Waals surface area contributed by atoms with E-state index in [0.717, 1.165) is 24.5 Å². The van der Waals surface area contributed by atoms with E-state index >= 15 is 0 Å². The molecule has 2 N–H and O–H groups in total. The highest BCUT2D eigenvalue weighted by atomic mass is 19.4. The van der Waals surface area contributed by atoms with Crippen molar-refractivity contribution in [1.29, 1.82) is 0 Å². The Balaban J connectivity index is 1.52. The first-order chi connectivity index (χ1) is 18.1. The maximum atomic E-state index is 13.7. The topological polar surface area (TPSA) is 88.8 Å². The van der Waals surface area contributed by atoms with E-state index in [2.05, 4.69) is 15.4 Å². The van der Waals surface area contributed by atoms with Gasteiger partial charge < -0.3 is 15.2 Å². The predicted octanol–water partition coefficient (Wildman–Crippen LogP) is 5.95. The van der Waals surface area contributed by atoms with Crippen molar-refractivity contribution in [1.82, 2.24) is 14.6 Å². The maximum Gasteiger partial charge on any atom is 0.416 e. The molecule has 0 saturated heterocycles. The lowest BCUT2D eigenvalue weighted by Gasteiger charge is -2.17. The highest BCUT2D eigenvalue weighted by Gasteiger charge is 2.38. The average Bonchev–Trinajstić information content (AvgIpc) is 3.56. The van der Waals surface area contributed by atoms with Gasteiger partial charge in [-0.3, -0.25) is 4.79 Å². The van der Waals surface area contributed by atoms with Crippen LogP contribution in [0.15, 0.2) is 54.7 Å². The van der Waals surface area contributed by atoms with Crippen LogP contribution in [0.3, 0.4) is 0 Å². The number of anilines is 1. The van der Waals surface area contributed by atoms with Crippen LogP contribution in [0.25, 0.3) is 16.9 Å². The van der Waals surface area contributed by atoms with E-state index < -0.39 is 24.6 Å². The Morgan fingerprint density at radius 3 is 2.68 bits per heavy atom. The van der Waals surface area contributed by atoms with Crippen molar-refractivity contribution in [3.05, 3.63) is 71.7 Å². The van der Waals surface area contributed by atoms with Crippen molar-refractivity contribution in [2.24, 2.45) is 5.92 Å². The van der Waals surface area contributed by atoms with Crippen LogP contribution in [0.5, 0.6) is 11.6 Å². The Morgan fingerprint density at radius 1 is 1.21 bits per heavy atom. The molecule has 1 saturated carbocycles. The number of fused-ring (bicyclic) bond motifs is 1. The fourth-order valence-corrected chi connectivity index (χ4v) is 4.13. The third kappa shape index (κ3) is 5.62. The van der Waals surface area contributed by atoms with Gasteiger partial charge in [-0.15, -0.1) is 5.10 Å². The van der Waals surface area contributed by atoms with Crippen molar-refractivity contribution in [2.75, 3.05) is 11.9 Å². The summed E-state index contributed by atoms with van der Waals surface area (Å²) in [6, 6.07) is 12.0. The average molecular weight is 529 g/mol. The molecule has 0 spiro atoms. The Labute approximate surface area is 215 Å². The van der Waals surface area contributed by atoms with Crippen LogP contribution < -0.4 is 10.1 Å². The molecule has 11 heteroatoms. The van der Waals surface area contributed by atoms with E-state index in [4.69, 9.17) is 4.74 Å². The largest absolute Gasteiger partial charge is 0.437 e. The van der Waals surface area contributed by atoms with E-state index in [1.54, 1.807) is 12.1 Å². The zero-order valence-corrected chi connectivity index (χ0v) is 20.3. The van der Waals surface area contributed by atoms with Gasteiger partial charge in [0, 0.05) is 36.2 Å².